The van der Waals surface area contributed by atoms with Crippen LogP contribution in [0, 0.1) is 11.3 Å². The SMILES string of the molecule is CC(C)CC(C)(O)CNC(=O)[C@@H](N)C(C)(C)C. The highest BCUT2D eigenvalue weighted by Crippen LogP contribution is 2.18. The highest BCUT2D eigenvalue weighted by molar-refractivity contribution is 5.82. The van der Waals surface area contributed by atoms with Crippen molar-refractivity contribution >= 4 is 5.91 Å². The molecule has 0 bridgehead atoms. The van der Waals surface area contributed by atoms with Gasteiger partial charge in [-0.1, -0.05) is 34.6 Å². The zero-order valence-corrected chi connectivity index (χ0v) is 12.0. The number of nitrogens with one attached hydrogen (secondary N) is 1. The zero-order chi connectivity index (χ0) is 13.9. The van der Waals surface area contributed by atoms with Crippen molar-refractivity contribution in [3.8, 4) is 0 Å². The Labute approximate surface area is 105 Å². The lowest BCUT2D eigenvalue weighted by molar-refractivity contribution is -0.125. The van der Waals surface area contributed by atoms with Crippen LogP contribution in [0.25, 0.3) is 0 Å². The minimum absolute atomic E-state index is 0.207. The Balaban J connectivity index is 4.25. The van der Waals surface area contributed by atoms with Gasteiger partial charge in [-0.25, -0.2) is 0 Å². The van der Waals surface area contributed by atoms with Crippen molar-refractivity contribution in [2.75, 3.05) is 6.54 Å². The molecule has 0 aliphatic heterocycles. The van der Waals surface area contributed by atoms with Crippen molar-refractivity contribution in [2.45, 2.75) is 59.6 Å². The summed E-state index contributed by atoms with van der Waals surface area (Å²) in [6.45, 7) is 11.8. The van der Waals surface area contributed by atoms with E-state index in [2.05, 4.69) is 5.32 Å². The van der Waals surface area contributed by atoms with Crippen molar-refractivity contribution in [1.29, 1.82) is 0 Å². The van der Waals surface area contributed by atoms with Crippen LogP contribution in [-0.2, 0) is 4.79 Å². The van der Waals surface area contributed by atoms with Crippen molar-refractivity contribution in [1.82, 2.24) is 5.32 Å². The van der Waals surface area contributed by atoms with Crippen LogP contribution in [0.15, 0.2) is 0 Å². The highest BCUT2D eigenvalue weighted by Gasteiger charge is 2.29. The van der Waals surface area contributed by atoms with Crippen LogP contribution in [-0.4, -0.2) is 29.2 Å². The maximum Gasteiger partial charge on any atom is 0.237 e. The molecule has 0 aliphatic carbocycles. The molecule has 0 saturated heterocycles. The van der Waals surface area contributed by atoms with E-state index in [1.54, 1.807) is 6.92 Å². The summed E-state index contributed by atoms with van der Waals surface area (Å²) in [6.07, 6.45) is 0.651. The first kappa shape index (κ1) is 16.4. The van der Waals surface area contributed by atoms with Crippen LogP contribution in [0.4, 0.5) is 0 Å². The molecule has 0 aromatic rings. The number of amides is 1. The third kappa shape index (κ3) is 6.64. The van der Waals surface area contributed by atoms with Gasteiger partial charge in [0.1, 0.15) is 0 Å². The quantitative estimate of drug-likeness (QED) is 0.682. The van der Waals surface area contributed by atoms with Crippen LogP contribution in [0.5, 0.6) is 0 Å². The molecule has 0 spiro atoms. The predicted octanol–water partition coefficient (Wildman–Crippen LogP) is 1.27. The molecular formula is C13H28N2O2. The average Bonchev–Trinajstić information content (AvgIpc) is 2.09. The van der Waals surface area contributed by atoms with Gasteiger partial charge in [0, 0.05) is 6.54 Å². The Morgan fingerprint density at radius 2 is 1.76 bits per heavy atom. The number of aliphatic hydroxyl groups is 1. The smallest absolute Gasteiger partial charge is 0.237 e. The second-order valence-electron chi connectivity index (χ2n) is 6.66. The monoisotopic (exact) mass is 244 g/mol. The lowest BCUT2D eigenvalue weighted by Gasteiger charge is -2.29. The maximum absolute atomic E-state index is 11.8. The highest BCUT2D eigenvalue weighted by atomic mass is 16.3. The summed E-state index contributed by atoms with van der Waals surface area (Å²) >= 11 is 0. The van der Waals surface area contributed by atoms with Crippen LogP contribution < -0.4 is 11.1 Å². The molecule has 0 rings (SSSR count). The summed E-state index contributed by atoms with van der Waals surface area (Å²) < 4.78 is 0. The number of rotatable bonds is 5. The van der Waals surface area contributed by atoms with Crippen LogP contribution >= 0.6 is 0 Å². The van der Waals surface area contributed by atoms with E-state index in [0.29, 0.717) is 12.3 Å². The van der Waals surface area contributed by atoms with Gasteiger partial charge >= 0.3 is 0 Å². The minimum atomic E-state index is -0.874. The first-order valence-corrected chi connectivity index (χ1v) is 6.21. The normalized spacial score (nSPS) is 17.7. The molecule has 0 aromatic heterocycles. The van der Waals surface area contributed by atoms with Crippen LogP contribution in [0.1, 0.15) is 48.0 Å². The Hall–Kier alpha value is -0.610. The zero-order valence-electron chi connectivity index (χ0n) is 12.0. The first-order valence-electron chi connectivity index (χ1n) is 6.21. The van der Waals surface area contributed by atoms with Gasteiger partial charge in [-0.3, -0.25) is 4.79 Å². The molecule has 0 aromatic carbocycles. The summed E-state index contributed by atoms with van der Waals surface area (Å²) in [4.78, 5) is 11.8. The molecule has 102 valence electrons. The van der Waals surface area contributed by atoms with E-state index in [0.717, 1.165) is 0 Å². The second-order valence-corrected chi connectivity index (χ2v) is 6.66. The van der Waals surface area contributed by atoms with Gasteiger partial charge in [-0.05, 0) is 24.7 Å². The molecule has 0 heterocycles. The summed E-state index contributed by atoms with van der Waals surface area (Å²) in [5, 5.41) is 12.8. The molecule has 0 aliphatic rings. The van der Waals surface area contributed by atoms with Gasteiger partial charge in [-0.15, -0.1) is 0 Å². The summed E-state index contributed by atoms with van der Waals surface area (Å²) in [7, 11) is 0. The molecule has 1 amide bonds. The molecular weight excluding hydrogens is 216 g/mol. The largest absolute Gasteiger partial charge is 0.388 e. The van der Waals surface area contributed by atoms with E-state index in [-0.39, 0.29) is 17.9 Å². The minimum Gasteiger partial charge on any atom is -0.388 e. The fraction of sp³-hybridized carbons (Fsp3) is 0.923. The molecule has 4 heteroatoms. The molecule has 4 N–H and O–H groups in total. The van der Waals surface area contributed by atoms with Crippen LogP contribution in [0.3, 0.4) is 0 Å². The molecule has 0 fully saturated rings. The van der Waals surface area contributed by atoms with E-state index in [4.69, 9.17) is 5.73 Å². The van der Waals surface area contributed by atoms with Crippen molar-refractivity contribution in [3.63, 3.8) is 0 Å². The van der Waals surface area contributed by atoms with E-state index >= 15 is 0 Å². The number of carbonyl (C=O) groups is 1. The summed E-state index contributed by atoms with van der Waals surface area (Å²) in [5.74, 6) is 0.180. The average molecular weight is 244 g/mol. The lowest BCUT2D eigenvalue weighted by Crippen LogP contribution is -2.52. The standard InChI is InChI=1S/C13H28N2O2/c1-9(2)7-13(6,17)8-15-11(16)10(14)12(3,4)5/h9-10,17H,7-8,14H2,1-6H3,(H,15,16)/t10-,13?/m1/s1. The molecule has 0 radical (unpaired) electrons. The Morgan fingerprint density at radius 3 is 2.12 bits per heavy atom. The Morgan fingerprint density at radius 1 is 1.29 bits per heavy atom. The molecule has 4 nitrogen and oxygen atoms in total. The number of hydrogen-bond donors (Lipinski definition) is 3. The molecule has 0 saturated carbocycles. The Kier molecular flexibility index (Phi) is 5.62. The predicted molar refractivity (Wildman–Crippen MR) is 70.5 cm³/mol. The van der Waals surface area contributed by atoms with E-state index in [1.807, 2.05) is 34.6 Å². The fourth-order valence-electron chi connectivity index (χ4n) is 1.73. The van der Waals surface area contributed by atoms with Crippen molar-refractivity contribution in [3.05, 3.63) is 0 Å². The fourth-order valence-corrected chi connectivity index (χ4v) is 1.73. The van der Waals surface area contributed by atoms with E-state index in [9.17, 15) is 9.90 Å². The van der Waals surface area contributed by atoms with E-state index < -0.39 is 11.6 Å². The third-order valence-corrected chi connectivity index (χ3v) is 2.71. The summed E-state index contributed by atoms with van der Waals surface area (Å²) in [5.41, 5.74) is 4.69. The first-order chi connectivity index (χ1) is 7.46. The topological polar surface area (TPSA) is 75.3 Å². The molecule has 17 heavy (non-hydrogen) atoms. The van der Waals surface area contributed by atoms with Crippen molar-refractivity contribution < 1.29 is 9.90 Å². The van der Waals surface area contributed by atoms with Gasteiger partial charge in [0.2, 0.25) is 5.91 Å². The van der Waals surface area contributed by atoms with Gasteiger partial charge in [-0.2, -0.15) is 0 Å². The van der Waals surface area contributed by atoms with E-state index in [1.165, 1.54) is 0 Å². The number of carbonyl (C=O) groups excluding carboxylic acids is 1. The third-order valence-electron chi connectivity index (χ3n) is 2.71. The van der Waals surface area contributed by atoms with Gasteiger partial charge in [0.05, 0.1) is 11.6 Å². The van der Waals surface area contributed by atoms with Gasteiger partial charge in [0.15, 0.2) is 0 Å². The maximum atomic E-state index is 11.8. The van der Waals surface area contributed by atoms with Crippen LogP contribution in [0.2, 0.25) is 0 Å². The van der Waals surface area contributed by atoms with Crippen molar-refractivity contribution in [2.24, 2.45) is 17.1 Å². The van der Waals surface area contributed by atoms with Gasteiger partial charge in [0.25, 0.3) is 0 Å². The second kappa shape index (κ2) is 5.83. The number of nitrogens with two attached hydrogens (primary N) is 1. The molecule has 1 unspecified atom stereocenters. The number of hydrogen-bond acceptors (Lipinski definition) is 3. The van der Waals surface area contributed by atoms with Gasteiger partial charge < -0.3 is 16.2 Å². The Bertz CT molecular complexity index is 255. The lowest BCUT2D eigenvalue weighted by atomic mass is 9.86. The molecule has 2 atom stereocenters. The summed E-state index contributed by atoms with van der Waals surface area (Å²) in [6, 6.07) is -0.558.